The number of rotatable bonds is 21. The number of hydrogen-bond acceptors (Lipinski definition) is 0. The van der Waals surface area contributed by atoms with Gasteiger partial charge in [0.15, 0.2) is 12.4 Å². The smallest absolute Gasteiger partial charge is 0.172 e. The molecule has 0 unspecified atom stereocenters. The van der Waals surface area contributed by atoms with E-state index in [0.717, 1.165) is 0 Å². The first-order chi connectivity index (χ1) is 14.8. The Balaban J connectivity index is 2.34. The predicted octanol–water partition coefficient (Wildman–Crippen LogP) is 9.14. The van der Waals surface area contributed by atoms with E-state index in [1.54, 1.807) is 11.1 Å². The molecule has 0 aromatic carbocycles. The van der Waals surface area contributed by atoms with Gasteiger partial charge in [-0.25, -0.2) is 4.57 Å². The second kappa shape index (κ2) is 20.1. The Bertz CT molecular complexity index is 493. The summed E-state index contributed by atoms with van der Waals surface area (Å²) in [6, 6.07) is 2.44. The molecule has 1 heteroatoms. The van der Waals surface area contributed by atoms with Gasteiger partial charge in [0.25, 0.3) is 0 Å². The van der Waals surface area contributed by atoms with Crippen LogP contribution in [0.1, 0.15) is 147 Å². The third kappa shape index (κ3) is 14.2. The van der Waals surface area contributed by atoms with Crippen molar-refractivity contribution in [3.8, 4) is 0 Å². The van der Waals surface area contributed by atoms with E-state index in [0.29, 0.717) is 0 Å². The molecule has 174 valence electrons. The average Bonchev–Trinajstić information content (AvgIpc) is 2.76. The maximum absolute atomic E-state index is 2.49. The van der Waals surface area contributed by atoms with Gasteiger partial charge in [-0.3, -0.25) is 0 Å². The van der Waals surface area contributed by atoms with Gasteiger partial charge < -0.3 is 0 Å². The van der Waals surface area contributed by atoms with E-state index in [1.165, 1.54) is 135 Å². The summed E-state index contributed by atoms with van der Waals surface area (Å²) in [5.74, 6) is 0. The van der Waals surface area contributed by atoms with Gasteiger partial charge in [0.1, 0.15) is 6.54 Å². The molecule has 0 N–H and O–H groups in total. The standard InChI is InChI=1S/C29H54N/c1-4-7-10-13-14-15-16-17-18-21-25-30-26-24-28(22-19-11-8-5-2)29(27-30)23-20-12-9-6-3/h24,26-27H,4-23,25H2,1-3H3/q+1. The number of aromatic nitrogens is 1. The monoisotopic (exact) mass is 416 g/mol. The lowest BCUT2D eigenvalue weighted by Crippen LogP contribution is -2.34. The molecule has 0 radical (unpaired) electrons. The van der Waals surface area contributed by atoms with E-state index >= 15 is 0 Å². The average molecular weight is 417 g/mol. The van der Waals surface area contributed by atoms with E-state index in [-0.39, 0.29) is 0 Å². The van der Waals surface area contributed by atoms with Crippen molar-refractivity contribution in [2.75, 3.05) is 0 Å². The normalized spacial score (nSPS) is 11.3. The summed E-state index contributed by atoms with van der Waals surface area (Å²) >= 11 is 0. The highest BCUT2D eigenvalue weighted by Gasteiger charge is 2.09. The predicted molar refractivity (Wildman–Crippen MR) is 134 cm³/mol. The molecule has 1 heterocycles. The second-order valence-electron chi connectivity index (χ2n) is 9.54. The molecule has 0 amide bonds. The van der Waals surface area contributed by atoms with Crippen molar-refractivity contribution in [1.82, 2.24) is 0 Å². The first-order valence-corrected chi connectivity index (χ1v) is 13.8. The lowest BCUT2D eigenvalue weighted by Gasteiger charge is -2.09. The highest BCUT2D eigenvalue weighted by Crippen LogP contribution is 2.16. The highest BCUT2D eigenvalue weighted by atomic mass is 14.9. The summed E-state index contributed by atoms with van der Waals surface area (Å²) in [5.41, 5.74) is 3.26. The van der Waals surface area contributed by atoms with Gasteiger partial charge in [0.05, 0.1) is 0 Å². The van der Waals surface area contributed by atoms with Gasteiger partial charge in [0.2, 0.25) is 0 Å². The second-order valence-corrected chi connectivity index (χ2v) is 9.54. The van der Waals surface area contributed by atoms with Crippen molar-refractivity contribution in [3.05, 3.63) is 29.6 Å². The fourth-order valence-corrected chi connectivity index (χ4v) is 4.49. The Labute approximate surface area is 190 Å². The van der Waals surface area contributed by atoms with Gasteiger partial charge >= 0.3 is 0 Å². The Morgan fingerprint density at radius 2 is 0.933 bits per heavy atom. The van der Waals surface area contributed by atoms with Crippen molar-refractivity contribution in [2.45, 2.75) is 156 Å². The van der Waals surface area contributed by atoms with Crippen LogP contribution in [0.4, 0.5) is 0 Å². The van der Waals surface area contributed by atoms with Crippen LogP contribution in [-0.4, -0.2) is 0 Å². The van der Waals surface area contributed by atoms with Crippen LogP contribution >= 0.6 is 0 Å². The third-order valence-electron chi connectivity index (χ3n) is 6.57. The number of nitrogens with zero attached hydrogens (tertiary/aromatic N) is 1. The van der Waals surface area contributed by atoms with Crippen molar-refractivity contribution in [2.24, 2.45) is 0 Å². The minimum absolute atomic E-state index is 1.20. The molecule has 1 rings (SSSR count). The van der Waals surface area contributed by atoms with Gasteiger partial charge in [-0.15, -0.1) is 0 Å². The van der Waals surface area contributed by atoms with Crippen LogP contribution < -0.4 is 4.57 Å². The molecular formula is C29H54N+. The molecule has 0 bridgehead atoms. The summed E-state index contributed by atoms with van der Waals surface area (Å²) in [7, 11) is 0. The quantitative estimate of drug-likeness (QED) is 0.139. The van der Waals surface area contributed by atoms with Crippen LogP contribution in [0.2, 0.25) is 0 Å². The van der Waals surface area contributed by atoms with Crippen LogP contribution in [0.3, 0.4) is 0 Å². The minimum Gasteiger partial charge on any atom is -0.205 e. The summed E-state index contributed by atoms with van der Waals surface area (Å²) in [6.07, 6.45) is 32.5. The van der Waals surface area contributed by atoms with E-state index in [9.17, 15) is 0 Å². The fourth-order valence-electron chi connectivity index (χ4n) is 4.49. The highest BCUT2D eigenvalue weighted by molar-refractivity contribution is 5.21. The molecule has 1 aromatic rings. The zero-order valence-electron chi connectivity index (χ0n) is 21.0. The van der Waals surface area contributed by atoms with Gasteiger partial charge in [-0.2, -0.15) is 0 Å². The van der Waals surface area contributed by atoms with Gasteiger partial charge in [0, 0.05) is 18.1 Å². The minimum atomic E-state index is 1.20. The van der Waals surface area contributed by atoms with Crippen LogP contribution in [-0.2, 0) is 19.4 Å². The Morgan fingerprint density at radius 3 is 1.47 bits per heavy atom. The number of hydrogen-bond donors (Lipinski definition) is 0. The summed E-state index contributed by atoms with van der Waals surface area (Å²) in [4.78, 5) is 0. The molecule has 30 heavy (non-hydrogen) atoms. The Morgan fingerprint density at radius 1 is 0.500 bits per heavy atom. The first kappa shape index (κ1) is 27.2. The SMILES string of the molecule is CCCCCCCCCCCC[n+]1ccc(CCCCCC)c(CCCCCC)c1. The van der Waals surface area contributed by atoms with Crippen LogP contribution in [0.15, 0.2) is 18.5 Å². The first-order valence-electron chi connectivity index (χ1n) is 13.8. The topological polar surface area (TPSA) is 3.88 Å². The third-order valence-corrected chi connectivity index (χ3v) is 6.57. The van der Waals surface area contributed by atoms with Crippen LogP contribution in [0.25, 0.3) is 0 Å². The molecule has 0 aliphatic carbocycles. The van der Waals surface area contributed by atoms with Crippen molar-refractivity contribution < 1.29 is 4.57 Å². The van der Waals surface area contributed by atoms with Gasteiger partial charge in [-0.1, -0.05) is 111 Å². The van der Waals surface area contributed by atoms with Crippen molar-refractivity contribution in [3.63, 3.8) is 0 Å². The van der Waals surface area contributed by atoms with E-state index in [4.69, 9.17) is 0 Å². The molecule has 0 aliphatic rings. The van der Waals surface area contributed by atoms with E-state index in [2.05, 4.69) is 43.8 Å². The van der Waals surface area contributed by atoms with Crippen molar-refractivity contribution >= 4 is 0 Å². The van der Waals surface area contributed by atoms with E-state index in [1.807, 2.05) is 0 Å². The zero-order chi connectivity index (χ0) is 21.7. The number of aryl methyl sites for hydroxylation is 3. The summed E-state index contributed by atoms with van der Waals surface area (Å²) < 4.78 is 2.48. The molecule has 0 saturated carbocycles. The Kier molecular flexibility index (Phi) is 18.2. The van der Waals surface area contributed by atoms with Crippen molar-refractivity contribution in [1.29, 1.82) is 0 Å². The molecular weight excluding hydrogens is 362 g/mol. The van der Waals surface area contributed by atoms with E-state index < -0.39 is 0 Å². The molecule has 0 atom stereocenters. The zero-order valence-corrected chi connectivity index (χ0v) is 21.0. The Hall–Kier alpha value is -0.850. The fraction of sp³-hybridized carbons (Fsp3) is 0.828. The maximum Gasteiger partial charge on any atom is 0.172 e. The largest absolute Gasteiger partial charge is 0.205 e. The lowest BCUT2D eigenvalue weighted by molar-refractivity contribution is -0.697. The molecule has 0 aliphatic heterocycles. The van der Waals surface area contributed by atoms with Crippen LogP contribution in [0.5, 0.6) is 0 Å². The molecule has 0 saturated heterocycles. The van der Waals surface area contributed by atoms with Gasteiger partial charge in [-0.05, 0) is 37.7 Å². The summed E-state index contributed by atoms with van der Waals surface area (Å²) in [6.45, 7) is 8.11. The maximum atomic E-state index is 2.49. The molecule has 0 fully saturated rings. The lowest BCUT2D eigenvalue weighted by atomic mass is 9.98. The molecule has 0 spiro atoms. The summed E-state index contributed by atoms with van der Waals surface area (Å²) in [5, 5.41) is 0. The number of pyridine rings is 1. The molecule has 1 nitrogen and oxygen atoms in total. The molecule has 1 aromatic heterocycles. The van der Waals surface area contributed by atoms with Crippen LogP contribution in [0, 0.1) is 0 Å². The number of unbranched alkanes of at least 4 members (excludes halogenated alkanes) is 15.